The van der Waals surface area contributed by atoms with Crippen molar-refractivity contribution < 1.29 is 37.1 Å². The number of hydrogen-bond donors (Lipinski definition) is 2. The Morgan fingerprint density at radius 1 is 1.36 bits per heavy atom. The van der Waals surface area contributed by atoms with E-state index in [-0.39, 0.29) is 31.1 Å². The monoisotopic (exact) mass is 467 g/mol. The highest BCUT2D eigenvalue weighted by Gasteiger charge is 2.33. The van der Waals surface area contributed by atoms with Crippen LogP contribution >= 0.6 is 0 Å². The molecule has 1 amide bonds. The number of likely N-dealkylation sites (N-methyl/N-ethyl adjacent to an activating group) is 1. The van der Waals surface area contributed by atoms with Crippen molar-refractivity contribution in [3.63, 3.8) is 0 Å². The fourth-order valence-corrected chi connectivity index (χ4v) is 2.94. The second-order valence-electron chi connectivity index (χ2n) is 7.76. The molecule has 0 bridgehead atoms. The number of rotatable bonds is 7. The molecule has 2 unspecified atom stereocenters. The highest BCUT2D eigenvalue weighted by Crippen LogP contribution is 2.23. The molecule has 8 nitrogen and oxygen atoms in total. The number of alkyl halides is 3. The summed E-state index contributed by atoms with van der Waals surface area (Å²) in [6.07, 6.45) is 0.485. The molecule has 1 aliphatic heterocycles. The molecule has 33 heavy (non-hydrogen) atoms. The number of carbonyl (C=O) groups excluding carboxylic acids is 1. The Morgan fingerprint density at radius 3 is 2.61 bits per heavy atom. The largest absolute Gasteiger partial charge is 0.573 e. The fourth-order valence-electron chi connectivity index (χ4n) is 2.94. The van der Waals surface area contributed by atoms with Crippen molar-refractivity contribution >= 4 is 13.0 Å². The van der Waals surface area contributed by atoms with Crippen molar-refractivity contribution in [1.82, 2.24) is 10.2 Å². The predicted octanol–water partition coefficient (Wildman–Crippen LogP) is 2.49. The number of halogens is 3. The smallest absolute Gasteiger partial charge is 0.493 e. The van der Waals surface area contributed by atoms with Gasteiger partial charge < -0.3 is 29.4 Å². The minimum absolute atomic E-state index is 0.0435. The average molecular weight is 467 g/mol. The number of amides is 1. The lowest BCUT2D eigenvalue weighted by Crippen LogP contribution is -2.49. The van der Waals surface area contributed by atoms with Crippen molar-refractivity contribution in [2.45, 2.75) is 31.2 Å². The van der Waals surface area contributed by atoms with Crippen LogP contribution in [0.25, 0.3) is 0 Å². The van der Waals surface area contributed by atoms with Crippen LogP contribution in [-0.4, -0.2) is 68.2 Å². The topological polar surface area (TPSA) is 104 Å². The normalized spacial score (nSPS) is 21.4. The lowest BCUT2D eigenvalue weighted by Gasteiger charge is -2.30. The lowest BCUT2D eigenvalue weighted by molar-refractivity contribution is -0.274. The van der Waals surface area contributed by atoms with Crippen LogP contribution in [0.15, 0.2) is 48.3 Å². The van der Waals surface area contributed by atoms with Crippen molar-refractivity contribution in [3.8, 4) is 11.8 Å². The third-order valence-electron chi connectivity index (χ3n) is 4.67. The minimum Gasteiger partial charge on any atom is -0.493 e. The van der Waals surface area contributed by atoms with Gasteiger partial charge >= 0.3 is 13.5 Å². The molecule has 0 saturated heterocycles. The maximum atomic E-state index is 12.6. The molecule has 2 atom stereocenters. The van der Waals surface area contributed by atoms with Gasteiger partial charge in [-0.1, -0.05) is 12.2 Å². The van der Waals surface area contributed by atoms with E-state index in [1.165, 1.54) is 6.92 Å². The molecule has 2 rings (SSSR count). The van der Waals surface area contributed by atoms with Crippen LogP contribution in [0.2, 0.25) is 6.32 Å². The van der Waals surface area contributed by atoms with E-state index in [0.29, 0.717) is 5.76 Å². The van der Waals surface area contributed by atoms with Crippen LogP contribution < -0.4 is 10.1 Å². The molecule has 1 aliphatic rings. The molecule has 2 N–H and O–H groups in total. The second-order valence-corrected chi connectivity index (χ2v) is 7.76. The summed E-state index contributed by atoms with van der Waals surface area (Å²) in [6, 6.07) is 5.96. The van der Waals surface area contributed by atoms with Gasteiger partial charge in [0.15, 0.2) is 5.54 Å². The minimum atomic E-state index is -4.84. The molecule has 0 spiro atoms. The van der Waals surface area contributed by atoms with Crippen LogP contribution in [-0.2, 0) is 9.39 Å². The molecule has 1 heterocycles. The summed E-state index contributed by atoms with van der Waals surface area (Å²) < 4.78 is 51.8. The highest BCUT2D eigenvalue weighted by atomic mass is 19.4. The number of ether oxygens (including phenoxy) is 2. The van der Waals surface area contributed by atoms with Crippen LogP contribution in [0.3, 0.4) is 0 Å². The zero-order valence-corrected chi connectivity index (χ0v) is 18.4. The van der Waals surface area contributed by atoms with Crippen molar-refractivity contribution in [2.75, 3.05) is 27.3 Å². The molecular formula is C21H25BF3N3O5. The third-order valence-corrected chi connectivity index (χ3v) is 4.67. The number of nitrogens with zero attached hydrogens (tertiary/aromatic N) is 2. The maximum Gasteiger partial charge on any atom is 0.573 e. The quantitative estimate of drug-likeness (QED) is 0.594. The number of nitriles is 1. The Labute approximate surface area is 190 Å². The van der Waals surface area contributed by atoms with E-state index in [9.17, 15) is 28.3 Å². The zero-order valence-electron chi connectivity index (χ0n) is 18.4. The van der Waals surface area contributed by atoms with E-state index < -0.39 is 30.7 Å². The van der Waals surface area contributed by atoms with E-state index in [1.54, 1.807) is 32.3 Å². The molecule has 178 valence electrons. The van der Waals surface area contributed by atoms with Gasteiger partial charge in [-0.25, -0.2) is 0 Å². The Kier molecular flexibility index (Phi) is 8.93. The maximum absolute atomic E-state index is 12.6. The summed E-state index contributed by atoms with van der Waals surface area (Å²) in [5.74, 6) is -0.672. The van der Waals surface area contributed by atoms with Gasteiger partial charge in [-0.15, -0.1) is 13.2 Å². The molecule has 1 aromatic carbocycles. The summed E-state index contributed by atoms with van der Waals surface area (Å²) in [7, 11) is 2.58. The van der Waals surface area contributed by atoms with Crippen LogP contribution in [0, 0.1) is 11.3 Å². The molecule has 0 aliphatic carbocycles. The van der Waals surface area contributed by atoms with Gasteiger partial charge in [0.05, 0.1) is 18.7 Å². The average Bonchev–Trinajstić information content (AvgIpc) is 2.82. The molecular weight excluding hydrogens is 442 g/mol. The van der Waals surface area contributed by atoms with Crippen LogP contribution in [0.5, 0.6) is 5.75 Å². The summed E-state index contributed by atoms with van der Waals surface area (Å²) >= 11 is 0. The van der Waals surface area contributed by atoms with E-state index >= 15 is 0 Å². The first kappa shape index (κ1) is 26.2. The standard InChI is InChI=1S/C21H25BF3N3O5/c1-20(13-26,27-19(29)15-7-9-16(10-8-15)33-21(23,24)25)14-31-18-6-4-5-11-32-22(30)12-17(18)28(2)3/h4-10,17,30H,11-12,14H2,1-3H3,(H,27,29)/b5-4+,18-6+. The number of hydrogen-bond acceptors (Lipinski definition) is 7. The summed E-state index contributed by atoms with van der Waals surface area (Å²) in [6.45, 7) is 1.47. The Balaban J connectivity index is 2.09. The van der Waals surface area contributed by atoms with Gasteiger partial charge in [-0.3, -0.25) is 4.79 Å². The summed E-state index contributed by atoms with van der Waals surface area (Å²) in [5.41, 5.74) is -1.41. The molecule has 12 heteroatoms. The highest BCUT2D eigenvalue weighted by molar-refractivity contribution is 6.43. The molecule has 1 aromatic rings. The van der Waals surface area contributed by atoms with Gasteiger partial charge in [-0.05, 0) is 51.4 Å². The zero-order chi connectivity index (χ0) is 24.6. The van der Waals surface area contributed by atoms with E-state index in [1.807, 2.05) is 11.0 Å². The van der Waals surface area contributed by atoms with Crippen molar-refractivity contribution in [1.29, 1.82) is 5.26 Å². The number of benzene rings is 1. The van der Waals surface area contributed by atoms with Gasteiger partial charge in [0.25, 0.3) is 5.91 Å². The summed E-state index contributed by atoms with van der Waals surface area (Å²) in [5, 5.41) is 22.2. The van der Waals surface area contributed by atoms with Crippen molar-refractivity contribution in [3.05, 3.63) is 53.8 Å². The first-order chi connectivity index (χ1) is 15.4. The van der Waals surface area contributed by atoms with Crippen molar-refractivity contribution in [2.24, 2.45) is 0 Å². The van der Waals surface area contributed by atoms with Gasteiger partial charge in [-0.2, -0.15) is 5.26 Å². The first-order valence-corrected chi connectivity index (χ1v) is 9.97. The van der Waals surface area contributed by atoms with Crippen LogP contribution in [0.4, 0.5) is 13.2 Å². The van der Waals surface area contributed by atoms with Gasteiger partial charge in [0.2, 0.25) is 0 Å². The number of nitrogens with one attached hydrogen (secondary N) is 1. The predicted molar refractivity (Wildman–Crippen MR) is 114 cm³/mol. The lowest BCUT2D eigenvalue weighted by atomic mass is 9.80. The Morgan fingerprint density at radius 2 is 2.03 bits per heavy atom. The molecule has 0 fully saturated rings. The van der Waals surface area contributed by atoms with Gasteiger partial charge in [0.1, 0.15) is 18.1 Å². The molecule has 0 saturated carbocycles. The van der Waals surface area contributed by atoms with E-state index in [0.717, 1.165) is 24.3 Å². The third kappa shape index (κ3) is 8.45. The Bertz CT molecular complexity index is 915. The fraction of sp³-hybridized carbons (Fsp3) is 0.429. The number of carbonyl (C=O) groups is 1. The summed E-state index contributed by atoms with van der Waals surface area (Å²) in [4.78, 5) is 14.4. The van der Waals surface area contributed by atoms with Crippen LogP contribution in [0.1, 0.15) is 17.3 Å². The van der Waals surface area contributed by atoms with E-state index in [2.05, 4.69) is 10.1 Å². The van der Waals surface area contributed by atoms with Gasteiger partial charge in [0, 0.05) is 11.9 Å². The molecule has 0 aromatic heterocycles. The number of allylic oxidation sites excluding steroid dienone is 2. The first-order valence-electron chi connectivity index (χ1n) is 9.97. The SMILES string of the molecule is CN(C)C1CB(O)OC/C=C/C=C\1OCC(C)(C#N)NC(=O)c1ccc(OC(F)(F)F)cc1. The molecule has 0 radical (unpaired) electrons. The second kappa shape index (κ2) is 11.2. The van der Waals surface area contributed by atoms with E-state index in [4.69, 9.17) is 9.39 Å². The Hall–Kier alpha value is -3.01.